The first-order valence-corrected chi connectivity index (χ1v) is 20.0. The number of rotatable bonds is 13. The first kappa shape index (κ1) is 36.1. The van der Waals surface area contributed by atoms with Crippen molar-refractivity contribution >= 4 is 14.2 Å². The molecular formula is C39H65N2O4P. The van der Waals surface area contributed by atoms with Gasteiger partial charge >= 0.3 is 8.53 Å². The van der Waals surface area contributed by atoms with Crippen molar-refractivity contribution in [1.29, 1.82) is 0 Å². The third-order valence-corrected chi connectivity index (χ3v) is 15.7. The second kappa shape index (κ2) is 14.7. The van der Waals surface area contributed by atoms with Gasteiger partial charge in [-0.15, -0.1) is 0 Å². The summed E-state index contributed by atoms with van der Waals surface area (Å²) >= 11 is 0. The summed E-state index contributed by atoms with van der Waals surface area (Å²) < 4.78 is 15.9. The molecule has 1 aromatic rings. The minimum Gasteiger partial charge on any atom is -0.436 e. The van der Waals surface area contributed by atoms with Gasteiger partial charge in [-0.1, -0.05) is 53.9 Å². The van der Waals surface area contributed by atoms with E-state index in [9.17, 15) is 10.1 Å². The van der Waals surface area contributed by atoms with Crippen LogP contribution in [0.4, 0.5) is 5.69 Å². The Kier molecular flexibility index (Phi) is 11.5. The standard InChI is InChI=1S/C39H65N2O4P/c1-26(2)11-10-12-29(7)35-19-20-36-34-18-13-30-25-33(21-23-38(30,8)37(34)22-24-39(35,36)9)45-46(40(27(3)4)28(5)6)44-32-16-14-31(15-17-32)41(42)43/h14-17,26-30,33-37H,10-13,18-25H2,1-9H3/t29-,30?,33+,34+,35-,36+,37+,38+,39-,46?/m1/s1. The zero-order valence-corrected chi connectivity index (χ0v) is 31.4. The van der Waals surface area contributed by atoms with Crippen LogP contribution in [0.1, 0.15) is 139 Å². The molecule has 0 N–H and O–H groups in total. The smallest absolute Gasteiger partial charge is 0.321 e. The highest BCUT2D eigenvalue weighted by molar-refractivity contribution is 7.45. The van der Waals surface area contributed by atoms with Gasteiger partial charge in [0, 0.05) is 24.2 Å². The molecule has 4 aliphatic carbocycles. The molecule has 0 saturated heterocycles. The molecule has 0 radical (unpaired) electrons. The van der Waals surface area contributed by atoms with Crippen LogP contribution in [0.3, 0.4) is 0 Å². The number of hydrogen-bond donors (Lipinski definition) is 0. The van der Waals surface area contributed by atoms with Gasteiger partial charge in [0.15, 0.2) is 0 Å². The van der Waals surface area contributed by atoms with Crippen LogP contribution < -0.4 is 4.52 Å². The number of fused-ring (bicyclic) bond motifs is 5. The highest BCUT2D eigenvalue weighted by Crippen LogP contribution is 2.69. The molecule has 0 heterocycles. The molecule has 46 heavy (non-hydrogen) atoms. The molecular weight excluding hydrogens is 591 g/mol. The largest absolute Gasteiger partial charge is 0.436 e. The predicted molar refractivity (Wildman–Crippen MR) is 191 cm³/mol. The van der Waals surface area contributed by atoms with Crippen LogP contribution in [0.15, 0.2) is 24.3 Å². The maximum absolute atomic E-state index is 11.2. The quantitative estimate of drug-likeness (QED) is 0.120. The fraction of sp³-hybridized carbons (Fsp3) is 0.846. The van der Waals surface area contributed by atoms with Gasteiger partial charge in [-0.05, 0) is 150 Å². The monoisotopic (exact) mass is 656 g/mol. The van der Waals surface area contributed by atoms with Crippen molar-refractivity contribution in [3.05, 3.63) is 34.4 Å². The van der Waals surface area contributed by atoms with Crippen LogP contribution in [0.2, 0.25) is 0 Å². The molecule has 2 unspecified atom stereocenters. The molecule has 4 saturated carbocycles. The van der Waals surface area contributed by atoms with E-state index < -0.39 is 8.53 Å². The Morgan fingerprint density at radius 3 is 2.15 bits per heavy atom. The Morgan fingerprint density at radius 2 is 1.52 bits per heavy atom. The lowest BCUT2D eigenvalue weighted by molar-refractivity contribution is -0.384. The van der Waals surface area contributed by atoms with Crippen molar-refractivity contribution in [1.82, 2.24) is 4.67 Å². The fourth-order valence-corrected chi connectivity index (χ4v) is 13.0. The Labute approximate surface area is 282 Å². The SMILES string of the molecule is CC(C)CCC[C@@H](C)[C@H]1CC[C@H]2[C@@H]3CCC4C[C@@H](OP(Oc5ccc([N+](=O)[O-])cc5)N(C(C)C)C(C)C)CC[C@]4(C)[C@H]3CC[C@]12C. The van der Waals surface area contributed by atoms with Gasteiger partial charge < -0.3 is 9.05 Å². The first-order valence-electron chi connectivity index (χ1n) is 18.9. The van der Waals surface area contributed by atoms with Crippen LogP contribution >= 0.6 is 8.53 Å². The van der Waals surface area contributed by atoms with E-state index in [1.807, 2.05) is 0 Å². The van der Waals surface area contributed by atoms with E-state index in [1.165, 1.54) is 76.3 Å². The third kappa shape index (κ3) is 7.35. The van der Waals surface area contributed by atoms with Gasteiger partial charge in [0.05, 0.1) is 11.0 Å². The summed E-state index contributed by atoms with van der Waals surface area (Å²) in [6.07, 6.45) is 16.4. The van der Waals surface area contributed by atoms with Crippen LogP contribution in [-0.4, -0.2) is 27.8 Å². The van der Waals surface area contributed by atoms with Crippen LogP contribution in [0, 0.1) is 62.4 Å². The lowest BCUT2D eigenvalue weighted by atomic mass is 9.44. The van der Waals surface area contributed by atoms with Crippen LogP contribution in [0.25, 0.3) is 0 Å². The summed E-state index contributed by atoms with van der Waals surface area (Å²) in [5.41, 5.74) is 1.05. The van der Waals surface area contributed by atoms with Gasteiger partial charge in [0.2, 0.25) is 0 Å². The molecule has 0 spiro atoms. The zero-order valence-electron chi connectivity index (χ0n) is 30.5. The zero-order chi connectivity index (χ0) is 33.4. The maximum atomic E-state index is 11.2. The van der Waals surface area contributed by atoms with Gasteiger partial charge in [-0.25, -0.2) is 4.67 Å². The third-order valence-electron chi connectivity index (χ3n) is 13.5. The Bertz CT molecular complexity index is 1150. The summed E-state index contributed by atoms with van der Waals surface area (Å²) in [6, 6.07) is 7.00. The van der Waals surface area contributed by atoms with Gasteiger partial charge in [-0.3, -0.25) is 10.1 Å². The molecule has 1 aromatic carbocycles. The summed E-state index contributed by atoms with van der Waals surface area (Å²) in [6.45, 7) is 21.5. The second-order valence-corrected chi connectivity index (χ2v) is 18.7. The molecule has 6 nitrogen and oxygen atoms in total. The maximum Gasteiger partial charge on any atom is 0.321 e. The number of nitrogens with zero attached hydrogens (tertiary/aromatic N) is 2. The van der Waals surface area contributed by atoms with Crippen molar-refractivity contribution in [3.63, 3.8) is 0 Å². The predicted octanol–water partition coefficient (Wildman–Crippen LogP) is 11.8. The van der Waals surface area contributed by atoms with E-state index >= 15 is 0 Å². The molecule has 0 aromatic heterocycles. The molecule has 0 amide bonds. The van der Waals surface area contributed by atoms with Crippen molar-refractivity contribution in [2.45, 2.75) is 158 Å². The fourth-order valence-electron chi connectivity index (χ4n) is 11.3. The topological polar surface area (TPSA) is 64.8 Å². The van der Waals surface area contributed by atoms with Gasteiger partial charge in [0.25, 0.3) is 5.69 Å². The first-order chi connectivity index (χ1) is 21.7. The number of benzene rings is 1. The number of nitro groups is 1. The van der Waals surface area contributed by atoms with Crippen molar-refractivity contribution in [2.75, 3.05) is 0 Å². The minimum absolute atomic E-state index is 0.0802. The molecule has 0 bridgehead atoms. The molecule has 10 atom stereocenters. The van der Waals surface area contributed by atoms with E-state index in [4.69, 9.17) is 9.05 Å². The summed E-state index contributed by atoms with van der Waals surface area (Å²) in [5.74, 6) is 6.65. The molecule has 260 valence electrons. The lowest BCUT2D eigenvalue weighted by Crippen LogP contribution is -2.54. The summed E-state index contributed by atoms with van der Waals surface area (Å²) in [7, 11) is -1.35. The number of non-ortho nitro benzene ring substituents is 1. The normalized spacial score (nSPS) is 35.6. The van der Waals surface area contributed by atoms with Crippen molar-refractivity contribution in [3.8, 4) is 5.75 Å². The summed E-state index contributed by atoms with van der Waals surface area (Å²) in [5, 5.41) is 11.2. The lowest BCUT2D eigenvalue weighted by Gasteiger charge is -2.61. The average Bonchev–Trinajstić information content (AvgIpc) is 3.34. The summed E-state index contributed by atoms with van der Waals surface area (Å²) in [4.78, 5) is 10.9. The average molecular weight is 657 g/mol. The van der Waals surface area contributed by atoms with E-state index in [0.717, 1.165) is 48.3 Å². The minimum atomic E-state index is -1.35. The van der Waals surface area contributed by atoms with Crippen LogP contribution in [0.5, 0.6) is 5.75 Å². The van der Waals surface area contributed by atoms with Crippen molar-refractivity contribution in [2.24, 2.45) is 52.3 Å². The number of nitro benzene ring substituents is 1. The molecule has 5 rings (SSSR count). The van der Waals surface area contributed by atoms with E-state index in [-0.39, 0.29) is 28.8 Å². The Balaban J connectivity index is 1.25. The van der Waals surface area contributed by atoms with Gasteiger partial charge in [0.1, 0.15) is 5.75 Å². The molecule has 4 aliphatic rings. The van der Waals surface area contributed by atoms with Crippen molar-refractivity contribution < 1.29 is 14.0 Å². The Hall–Kier alpha value is -1.23. The van der Waals surface area contributed by atoms with Crippen LogP contribution in [-0.2, 0) is 4.52 Å². The van der Waals surface area contributed by atoms with E-state index in [2.05, 4.69) is 67.0 Å². The molecule has 4 fully saturated rings. The highest BCUT2D eigenvalue weighted by Gasteiger charge is 2.60. The van der Waals surface area contributed by atoms with E-state index in [1.54, 1.807) is 12.1 Å². The highest BCUT2D eigenvalue weighted by atomic mass is 31.2. The molecule has 0 aliphatic heterocycles. The van der Waals surface area contributed by atoms with Gasteiger partial charge in [-0.2, -0.15) is 0 Å². The number of hydrogen-bond acceptors (Lipinski definition) is 5. The Morgan fingerprint density at radius 1 is 0.870 bits per heavy atom. The second-order valence-electron chi connectivity index (χ2n) is 17.3. The van der Waals surface area contributed by atoms with E-state index in [0.29, 0.717) is 22.5 Å². The molecule has 7 heteroatoms.